The van der Waals surface area contributed by atoms with Crippen molar-refractivity contribution in [2.45, 2.75) is 58.0 Å². The molecule has 0 saturated carbocycles. The van der Waals surface area contributed by atoms with Gasteiger partial charge in [-0.3, -0.25) is 0 Å². The first-order valence-corrected chi connectivity index (χ1v) is 12.3. The largest absolute Gasteiger partial charge is 0.337 e. The zero-order chi connectivity index (χ0) is 12.4. The Hall–Kier alpha value is -0.126. The van der Waals surface area contributed by atoms with Crippen LogP contribution in [0.25, 0.3) is 0 Å². The Labute approximate surface area is 102 Å². The Balaban J connectivity index is 2.55. The molecule has 0 amide bonds. The standard InChI is InChI=1S/C13H25NSi2/c1-13(2,3)14-15(4,5)11-9-8-10-12(11)16(14,6)7/h8-11H,1-7H3. The van der Waals surface area contributed by atoms with E-state index in [1.165, 1.54) is 0 Å². The predicted octanol–water partition coefficient (Wildman–Crippen LogP) is 3.92. The van der Waals surface area contributed by atoms with Gasteiger partial charge in [0.05, 0.1) is 0 Å². The Morgan fingerprint density at radius 3 is 2.12 bits per heavy atom. The van der Waals surface area contributed by atoms with Crippen LogP contribution in [0.3, 0.4) is 0 Å². The number of nitrogens with zero attached hydrogens (tertiary/aromatic N) is 1. The van der Waals surface area contributed by atoms with E-state index in [0.29, 0.717) is 5.54 Å². The molecule has 1 atom stereocenters. The fourth-order valence-electron chi connectivity index (χ4n) is 4.37. The highest BCUT2D eigenvalue weighted by atomic mass is 28.4. The van der Waals surface area contributed by atoms with Gasteiger partial charge in [0.25, 0.3) is 0 Å². The first kappa shape index (κ1) is 12.3. The quantitative estimate of drug-likeness (QED) is 0.590. The Kier molecular flexibility index (Phi) is 2.47. The Morgan fingerprint density at radius 2 is 1.69 bits per heavy atom. The Bertz CT molecular complexity index is 372. The van der Waals surface area contributed by atoms with E-state index in [-0.39, 0.29) is 0 Å². The zero-order valence-corrected chi connectivity index (χ0v) is 13.8. The monoisotopic (exact) mass is 251 g/mol. The van der Waals surface area contributed by atoms with E-state index in [4.69, 9.17) is 0 Å². The van der Waals surface area contributed by atoms with E-state index in [2.05, 4.69) is 69.4 Å². The minimum absolute atomic E-state index is 0.324. The second kappa shape index (κ2) is 3.21. The molecule has 1 heterocycles. The van der Waals surface area contributed by atoms with Crippen molar-refractivity contribution in [2.24, 2.45) is 0 Å². The van der Waals surface area contributed by atoms with Gasteiger partial charge in [-0.2, -0.15) is 0 Å². The van der Waals surface area contributed by atoms with Crippen LogP contribution in [0.15, 0.2) is 23.4 Å². The molecular weight excluding hydrogens is 226 g/mol. The van der Waals surface area contributed by atoms with Gasteiger partial charge >= 0.3 is 0 Å². The van der Waals surface area contributed by atoms with Crippen molar-refractivity contribution in [3.8, 4) is 0 Å². The minimum Gasteiger partial charge on any atom is -0.337 e. The van der Waals surface area contributed by atoms with Gasteiger partial charge in [0.2, 0.25) is 0 Å². The topological polar surface area (TPSA) is 3.24 Å². The molecule has 1 aliphatic carbocycles. The summed E-state index contributed by atoms with van der Waals surface area (Å²) in [6.07, 6.45) is 7.17. The normalized spacial score (nSPS) is 31.7. The molecule has 16 heavy (non-hydrogen) atoms. The maximum absolute atomic E-state index is 2.95. The summed E-state index contributed by atoms with van der Waals surface area (Å²) in [6, 6.07) is 0. The van der Waals surface area contributed by atoms with Crippen molar-refractivity contribution in [1.82, 2.24) is 4.23 Å². The molecule has 0 aromatic heterocycles. The summed E-state index contributed by atoms with van der Waals surface area (Å²) in [7, 11) is -2.71. The molecule has 2 aliphatic rings. The molecule has 1 nitrogen and oxygen atoms in total. The lowest BCUT2D eigenvalue weighted by molar-refractivity contribution is 0.354. The molecule has 2 rings (SSSR count). The smallest absolute Gasteiger partial charge is 0.144 e. The van der Waals surface area contributed by atoms with Crippen LogP contribution in [0.4, 0.5) is 0 Å². The fourth-order valence-corrected chi connectivity index (χ4v) is 19.8. The van der Waals surface area contributed by atoms with Crippen molar-refractivity contribution in [2.75, 3.05) is 0 Å². The number of allylic oxidation sites excluding steroid dienone is 4. The van der Waals surface area contributed by atoms with Crippen molar-refractivity contribution >= 4 is 16.5 Å². The van der Waals surface area contributed by atoms with Gasteiger partial charge < -0.3 is 4.23 Å². The van der Waals surface area contributed by atoms with Gasteiger partial charge in [0.1, 0.15) is 16.5 Å². The first-order chi connectivity index (χ1) is 7.09. The fraction of sp³-hybridized carbons (Fsp3) is 0.692. The average Bonchev–Trinajstić information content (AvgIpc) is 2.50. The lowest BCUT2D eigenvalue weighted by atomic mass is 10.1. The van der Waals surface area contributed by atoms with Crippen LogP contribution in [0.2, 0.25) is 31.7 Å². The molecule has 1 aliphatic heterocycles. The van der Waals surface area contributed by atoms with E-state index in [1.807, 2.05) is 0 Å². The summed E-state index contributed by atoms with van der Waals surface area (Å²) >= 11 is 0. The molecule has 0 radical (unpaired) electrons. The average molecular weight is 252 g/mol. The summed E-state index contributed by atoms with van der Waals surface area (Å²) in [5.41, 5.74) is 1.11. The third kappa shape index (κ3) is 1.45. The highest BCUT2D eigenvalue weighted by Crippen LogP contribution is 2.53. The minimum atomic E-state index is -1.38. The number of hydrogen-bond donors (Lipinski definition) is 0. The SMILES string of the molecule is CC(C)(C)N1[Si](C)(C)C2=CC=CC2[Si]1(C)C. The molecule has 0 bridgehead atoms. The molecule has 1 unspecified atom stereocenters. The number of fused-ring (bicyclic) bond motifs is 1. The lowest BCUT2D eigenvalue weighted by Crippen LogP contribution is -2.63. The highest BCUT2D eigenvalue weighted by Gasteiger charge is 2.59. The summed E-state index contributed by atoms with van der Waals surface area (Å²) in [6.45, 7) is 17.3. The molecule has 90 valence electrons. The molecular formula is C13H25NSi2. The molecule has 3 heteroatoms. The summed E-state index contributed by atoms with van der Waals surface area (Å²) in [5.74, 6) is 0. The van der Waals surface area contributed by atoms with Crippen molar-refractivity contribution in [3.05, 3.63) is 23.4 Å². The van der Waals surface area contributed by atoms with Gasteiger partial charge in [-0.25, -0.2) is 0 Å². The third-order valence-corrected chi connectivity index (χ3v) is 15.4. The second-order valence-corrected chi connectivity index (χ2v) is 16.2. The number of rotatable bonds is 0. The van der Waals surface area contributed by atoms with Crippen LogP contribution < -0.4 is 0 Å². The Morgan fingerprint density at radius 1 is 1.12 bits per heavy atom. The van der Waals surface area contributed by atoms with Crippen LogP contribution in [0.5, 0.6) is 0 Å². The summed E-state index contributed by atoms with van der Waals surface area (Å²) < 4.78 is 2.95. The summed E-state index contributed by atoms with van der Waals surface area (Å²) in [5, 5.41) is 1.78. The maximum Gasteiger partial charge on any atom is 0.144 e. The second-order valence-electron chi connectivity index (χ2n) is 7.20. The summed E-state index contributed by atoms with van der Waals surface area (Å²) in [4.78, 5) is 0. The van der Waals surface area contributed by atoms with Crippen LogP contribution in [0, 0.1) is 0 Å². The van der Waals surface area contributed by atoms with Crippen LogP contribution >= 0.6 is 0 Å². The van der Waals surface area contributed by atoms with Gasteiger partial charge in [-0.1, -0.05) is 49.6 Å². The van der Waals surface area contributed by atoms with E-state index >= 15 is 0 Å². The van der Waals surface area contributed by atoms with Gasteiger partial charge in [-0.05, 0) is 20.8 Å². The van der Waals surface area contributed by atoms with Crippen LogP contribution in [-0.4, -0.2) is 26.2 Å². The van der Waals surface area contributed by atoms with Crippen molar-refractivity contribution < 1.29 is 0 Å². The molecule has 0 spiro atoms. The third-order valence-electron chi connectivity index (χ3n) is 4.19. The van der Waals surface area contributed by atoms with E-state index < -0.39 is 16.5 Å². The van der Waals surface area contributed by atoms with Gasteiger partial charge in [0.15, 0.2) is 0 Å². The van der Waals surface area contributed by atoms with Crippen LogP contribution in [-0.2, 0) is 0 Å². The molecule has 1 saturated heterocycles. The van der Waals surface area contributed by atoms with Crippen molar-refractivity contribution in [1.29, 1.82) is 0 Å². The van der Waals surface area contributed by atoms with Crippen LogP contribution in [0.1, 0.15) is 20.8 Å². The van der Waals surface area contributed by atoms with E-state index in [0.717, 1.165) is 5.54 Å². The molecule has 0 N–H and O–H groups in total. The highest BCUT2D eigenvalue weighted by molar-refractivity contribution is 7.01. The predicted molar refractivity (Wildman–Crippen MR) is 77.5 cm³/mol. The molecule has 1 fully saturated rings. The number of hydrogen-bond acceptors (Lipinski definition) is 1. The molecule has 0 aromatic rings. The van der Waals surface area contributed by atoms with E-state index in [9.17, 15) is 0 Å². The maximum atomic E-state index is 2.95. The molecule has 0 aromatic carbocycles. The van der Waals surface area contributed by atoms with E-state index in [1.54, 1.807) is 5.20 Å². The van der Waals surface area contributed by atoms with Gasteiger partial charge in [-0.15, -0.1) is 0 Å². The zero-order valence-electron chi connectivity index (χ0n) is 11.8. The van der Waals surface area contributed by atoms with Crippen molar-refractivity contribution in [3.63, 3.8) is 0 Å². The van der Waals surface area contributed by atoms with Gasteiger partial charge in [0, 0.05) is 11.1 Å². The lowest BCUT2D eigenvalue weighted by Gasteiger charge is -2.49. The first-order valence-electron chi connectivity index (χ1n) is 6.29.